The summed E-state index contributed by atoms with van der Waals surface area (Å²) in [6.07, 6.45) is 1.82. The van der Waals surface area contributed by atoms with Crippen molar-refractivity contribution >= 4 is 6.34 Å². The van der Waals surface area contributed by atoms with Crippen molar-refractivity contribution in [3.8, 4) is 0 Å². The van der Waals surface area contributed by atoms with E-state index in [1.807, 2.05) is 18.5 Å². The van der Waals surface area contributed by atoms with E-state index in [0.29, 0.717) is 0 Å². The highest BCUT2D eigenvalue weighted by atomic mass is 15.1. The third-order valence-corrected chi connectivity index (χ3v) is 3.62. The first kappa shape index (κ1) is 11.0. The number of hydrogen-bond acceptors (Lipinski definition) is 2. The predicted molar refractivity (Wildman–Crippen MR) is 74.6 cm³/mol. The maximum absolute atomic E-state index is 4.60. The zero-order valence-electron chi connectivity index (χ0n) is 10.4. The van der Waals surface area contributed by atoms with Crippen molar-refractivity contribution < 1.29 is 0 Å². The fourth-order valence-corrected chi connectivity index (χ4v) is 2.55. The van der Waals surface area contributed by atoms with Gasteiger partial charge in [0.25, 0.3) is 0 Å². The van der Waals surface area contributed by atoms with Gasteiger partial charge in [-0.1, -0.05) is 60.7 Å². The number of nitrogens with one attached hydrogen (secondary N) is 1. The second kappa shape index (κ2) is 4.30. The van der Waals surface area contributed by atoms with Crippen molar-refractivity contribution in [2.24, 2.45) is 4.99 Å². The molecule has 1 heterocycles. The molecule has 1 aliphatic heterocycles. The molecule has 2 nitrogen and oxygen atoms in total. The molecule has 0 bridgehead atoms. The third-order valence-electron chi connectivity index (χ3n) is 3.62. The molecule has 0 aliphatic carbocycles. The minimum atomic E-state index is -0.164. The van der Waals surface area contributed by atoms with Crippen molar-refractivity contribution in [2.45, 2.75) is 18.5 Å². The number of nitrogens with zero attached hydrogens (tertiary/aromatic N) is 1. The predicted octanol–water partition coefficient (Wildman–Crippen LogP) is 3.27. The highest BCUT2D eigenvalue weighted by molar-refractivity contribution is 5.62. The molecule has 90 valence electrons. The highest BCUT2D eigenvalue weighted by Gasteiger charge is 2.39. The molecule has 2 heteroatoms. The molecular formula is C16H16N2. The maximum Gasteiger partial charge on any atom is 0.103 e. The molecule has 3 rings (SSSR count). The molecule has 0 aromatic heterocycles. The first-order chi connectivity index (χ1) is 8.81. The molecule has 0 fully saturated rings. The van der Waals surface area contributed by atoms with E-state index in [2.05, 4.69) is 65.8 Å². The number of hydrogen-bond donors (Lipinski definition) is 1. The summed E-state index contributed by atoms with van der Waals surface area (Å²) in [5, 5.41) is 3.41. The van der Waals surface area contributed by atoms with Crippen LogP contribution in [0.25, 0.3) is 0 Å². The van der Waals surface area contributed by atoms with Crippen molar-refractivity contribution in [2.75, 3.05) is 0 Å². The van der Waals surface area contributed by atoms with Crippen molar-refractivity contribution in [1.82, 2.24) is 5.32 Å². The van der Waals surface area contributed by atoms with E-state index in [4.69, 9.17) is 0 Å². The van der Waals surface area contributed by atoms with Crippen LogP contribution in [0, 0.1) is 0 Å². The SMILES string of the molecule is CC1(c2ccccc2)NC=NC1c1ccccc1. The molecule has 0 saturated carbocycles. The van der Waals surface area contributed by atoms with Crippen LogP contribution in [0.15, 0.2) is 65.7 Å². The molecule has 18 heavy (non-hydrogen) atoms. The van der Waals surface area contributed by atoms with E-state index < -0.39 is 0 Å². The first-order valence-electron chi connectivity index (χ1n) is 6.20. The van der Waals surface area contributed by atoms with Crippen molar-refractivity contribution in [3.05, 3.63) is 71.8 Å². The Morgan fingerprint density at radius 1 is 0.944 bits per heavy atom. The summed E-state index contributed by atoms with van der Waals surface area (Å²) >= 11 is 0. The zero-order chi connectivity index (χ0) is 12.4. The van der Waals surface area contributed by atoms with Crippen LogP contribution in [0.4, 0.5) is 0 Å². The van der Waals surface area contributed by atoms with Gasteiger partial charge in [0.05, 0.1) is 11.9 Å². The van der Waals surface area contributed by atoms with Crippen molar-refractivity contribution in [3.63, 3.8) is 0 Å². The standard InChI is InChI=1S/C16H16N2/c1-16(14-10-6-3-7-11-14)15(17-12-18-16)13-8-4-2-5-9-13/h2-12,15H,1H3,(H,17,18). The quantitative estimate of drug-likeness (QED) is 0.850. The summed E-state index contributed by atoms with van der Waals surface area (Å²) in [5.74, 6) is 0. The van der Waals surface area contributed by atoms with Crippen LogP contribution in [-0.2, 0) is 5.54 Å². The van der Waals surface area contributed by atoms with Gasteiger partial charge in [-0.15, -0.1) is 0 Å². The van der Waals surface area contributed by atoms with E-state index in [1.165, 1.54) is 11.1 Å². The summed E-state index contributed by atoms with van der Waals surface area (Å²) in [6, 6.07) is 21.0. The summed E-state index contributed by atoms with van der Waals surface area (Å²) in [4.78, 5) is 4.60. The summed E-state index contributed by atoms with van der Waals surface area (Å²) in [5.41, 5.74) is 2.34. The van der Waals surface area contributed by atoms with Crippen LogP contribution in [0.5, 0.6) is 0 Å². The van der Waals surface area contributed by atoms with Crippen LogP contribution < -0.4 is 5.32 Å². The molecule has 2 atom stereocenters. The van der Waals surface area contributed by atoms with Gasteiger partial charge in [0.2, 0.25) is 0 Å². The molecule has 0 radical (unpaired) electrons. The van der Waals surface area contributed by atoms with E-state index >= 15 is 0 Å². The molecule has 2 unspecified atom stereocenters. The van der Waals surface area contributed by atoms with Gasteiger partial charge >= 0.3 is 0 Å². The molecule has 0 saturated heterocycles. The van der Waals surface area contributed by atoms with E-state index in [9.17, 15) is 0 Å². The molecule has 0 spiro atoms. The lowest BCUT2D eigenvalue weighted by Gasteiger charge is -2.31. The van der Waals surface area contributed by atoms with E-state index in [-0.39, 0.29) is 11.6 Å². The second-order valence-corrected chi connectivity index (χ2v) is 4.80. The lowest BCUT2D eigenvalue weighted by Crippen LogP contribution is -2.38. The van der Waals surface area contributed by atoms with E-state index in [0.717, 1.165) is 0 Å². The van der Waals surface area contributed by atoms with Gasteiger partial charge in [-0.2, -0.15) is 0 Å². The number of rotatable bonds is 2. The summed E-state index contributed by atoms with van der Waals surface area (Å²) < 4.78 is 0. The van der Waals surface area contributed by atoms with Crippen LogP contribution in [0.2, 0.25) is 0 Å². The van der Waals surface area contributed by atoms with Gasteiger partial charge in [-0.3, -0.25) is 4.99 Å². The highest BCUT2D eigenvalue weighted by Crippen LogP contribution is 2.39. The normalized spacial score (nSPS) is 25.9. The van der Waals surface area contributed by atoms with Gasteiger partial charge in [0, 0.05) is 0 Å². The molecule has 1 N–H and O–H groups in total. The Balaban J connectivity index is 2.03. The Bertz CT molecular complexity index is 548. The van der Waals surface area contributed by atoms with Crippen LogP contribution in [0.3, 0.4) is 0 Å². The second-order valence-electron chi connectivity index (χ2n) is 4.80. The Hall–Kier alpha value is -2.09. The Kier molecular flexibility index (Phi) is 2.63. The third kappa shape index (κ3) is 1.70. The molecule has 1 aliphatic rings. The minimum absolute atomic E-state index is 0.126. The number of aliphatic imine (C=N–C) groups is 1. The lowest BCUT2D eigenvalue weighted by molar-refractivity contribution is 0.387. The Morgan fingerprint density at radius 2 is 1.56 bits per heavy atom. The van der Waals surface area contributed by atoms with Gasteiger partial charge in [0.15, 0.2) is 0 Å². The summed E-state index contributed by atoms with van der Waals surface area (Å²) in [7, 11) is 0. The largest absolute Gasteiger partial charge is 0.365 e. The zero-order valence-corrected chi connectivity index (χ0v) is 10.4. The average molecular weight is 236 g/mol. The monoisotopic (exact) mass is 236 g/mol. The van der Waals surface area contributed by atoms with Crippen LogP contribution in [-0.4, -0.2) is 6.34 Å². The smallest absolute Gasteiger partial charge is 0.103 e. The van der Waals surface area contributed by atoms with Gasteiger partial charge in [-0.05, 0) is 18.1 Å². The molecule has 0 amide bonds. The molecular weight excluding hydrogens is 220 g/mol. The topological polar surface area (TPSA) is 24.4 Å². The molecule has 2 aromatic carbocycles. The number of benzene rings is 2. The Labute approximate surface area is 107 Å². The van der Waals surface area contributed by atoms with Gasteiger partial charge in [-0.25, -0.2) is 0 Å². The Morgan fingerprint density at radius 3 is 2.22 bits per heavy atom. The van der Waals surface area contributed by atoms with Gasteiger partial charge in [0.1, 0.15) is 6.04 Å². The van der Waals surface area contributed by atoms with E-state index in [1.54, 1.807) is 0 Å². The first-order valence-corrected chi connectivity index (χ1v) is 6.20. The maximum atomic E-state index is 4.60. The fourth-order valence-electron chi connectivity index (χ4n) is 2.55. The van der Waals surface area contributed by atoms with Gasteiger partial charge < -0.3 is 5.32 Å². The fraction of sp³-hybridized carbons (Fsp3) is 0.188. The average Bonchev–Trinajstić information content (AvgIpc) is 2.84. The van der Waals surface area contributed by atoms with Crippen LogP contribution >= 0.6 is 0 Å². The lowest BCUT2D eigenvalue weighted by atomic mass is 9.82. The van der Waals surface area contributed by atoms with Crippen LogP contribution in [0.1, 0.15) is 24.1 Å². The summed E-state index contributed by atoms with van der Waals surface area (Å²) in [6.45, 7) is 2.20. The molecule has 2 aromatic rings. The van der Waals surface area contributed by atoms with Crippen molar-refractivity contribution in [1.29, 1.82) is 0 Å². The minimum Gasteiger partial charge on any atom is -0.365 e.